The minimum Gasteiger partial charge on any atom is -0.358 e. The number of thiocarbonyl (C=S) groups is 1. The van der Waals surface area contributed by atoms with E-state index >= 15 is 0 Å². The first-order valence-corrected chi connectivity index (χ1v) is 10.8. The summed E-state index contributed by atoms with van der Waals surface area (Å²) in [6.07, 6.45) is 3.58. The van der Waals surface area contributed by atoms with Crippen LogP contribution >= 0.6 is 12.2 Å². The molecule has 2 heterocycles. The third-order valence-corrected chi connectivity index (χ3v) is 5.82. The molecule has 1 fully saturated rings. The summed E-state index contributed by atoms with van der Waals surface area (Å²) >= 11 is 5.49. The summed E-state index contributed by atoms with van der Waals surface area (Å²) in [4.78, 5) is 7.26. The molecule has 2 aromatic carbocycles. The van der Waals surface area contributed by atoms with Gasteiger partial charge in [-0.15, -0.1) is 0 Å². The lowest BCUT2D eigenvalue weighted by Gasteiger charge is -2.18. The second-order valence-corrected chi connectivity index (χ2v) is 8.11. The van der Waals surface area contributed by atoms with Crippen molar-refractivity contribution in [2.75, 3.05) is 23.3 Å². The highest BCUT2D eigenvalue weighted by atomic mass is 32.1. The van der Waals surface area contributed by atoms with Crippen molar-refractivity contribution < 1.29 is 0 Å². The van der Waals surface area contributed by atoms with E-state index in [2.05, 4.69) is 71.8 Å². The Hall–Kier alpha value is -2.66. The monoisotopic (exact) mass is 404 g/mol. The van der Waals surface area contributed by atoms with Crippen LogP contribution in [0.4, 0.5) is 11.5 Å². The van der Waals surface area contributed by atoms with Crippen molar-refractivity contribution in [1.82, 2.24) is 10.3 Å². The average molecular weight is 405 g/mol. The number of hydrogen-bond acceptors (Lipinski definition) is 3. The van der Waals surface area contributed by atoms with Crippen LogP contribution in [0.1, 0.15) is 36.5 Å². The largest absolute Gasteiger partial charge is 0.358 e. The highest BCUT2D eigenvalue weighted by molar-refractivity contribution is 7.80. The van der Waals surface area contributed by atoms with Crippen molar-refractivity contribution in [2.24, 2.45) is 0 Å². The fourth-order valence-electron chi connectivity index (χ4n) is 3.81. The van der Waals surface area contributed by atoms with Gasteiger partial charge in [-0.1, -0.05) is 31.2 Å². The first-order valence-electron chi connectivity index (χ1n) is 10.4. The highest BCUT2D eigenvalue weighted by Gasteiger charge is 2.15. The van der Waals surface area contributed by atoms with Crippen LogP contribution in [0, 0.1) is 6.92 Å². The van der Waals surface area contributed by atoms with Crippen molar-refractivity contribution in [3.05, 3.63) is 65.2 Å². The fraction of sp³-hybridized carbons (Fsp3) is 0.333. The summed E-state index contributed by atoms with van der Waals surface area (Å²) in [6.45, 7) is 7.25. The molecule has 3 aromatic rings. The third-order valence-electron chi connectivity index (χ3n) is 5.57. The number of nitrogens with zero attached hydrogens (tertiary/aromatic N) is 2. The molecule has 29 heavy (non-hydrogen) atoms. The van der Waals surface area contributed by atoms with E-state index in [4.69, 9.17) is 17.2 Å². The van der Waals surface area contributed by atoms with E-state index in [1.54, 1.807) is 0 Å². The Morgan fingerprint density at radius 2 is 1.76 bits per heavy atom. The van der Waals surface area contributed by atoms with Gasteiger partial charge in [0.25, 0.3) is 0 Å². The van der Waals surface area contributed by atoms with Gasteiger partial charge >= 0.3 is 0 Å². The fourth-order valence-corrected chi connectivity index (χ4v) is 4.00. The molecule has 0 radical (unpaired) electrons. The van der Waals surface area contributed by atoms with Gasteiger partial charge in [-0.2, -0.15) is 0 Å². The zero-order chi connectivity index (χ0) is 20.2. The number of hydrogen-bond donors (Lipinski definition) is 2. The molecule has 5 heteroatoms. The Kier molecular flexibility index (Phi) is 5.95. The van der Waals surface area contributed by atoms with Gasteiger partial charge in [-0.25, -0.2) is 4.98 Å². The summed E-state index contributed by atoms with van der Waals surface area (Å²) in [5.74, 6) is 1.10. The van der Waals surface area contributed by atoms with Crippen LogP contribution in [-0.2, 0) is 13.0 Å². The zero-order valence-corrected chi connectivity index (χ0v) is 18.0. The van der Waals surface area contributed by atoms with Crippen molar-refractivity contribution in [3.8, 4) is 0 Å². The van der Waals surface area contributed by atoms with Gasteiger partial charge < -0.3 is 15.5 Å². The van der Waals surface area contributed by atoms with E-state index in [9.17, 15) is 0 Å². The number of nitrogens with one attached hydrogen (secondary N) is 2. The summed E-state index contributed by atoms with van der Waals surface area (Å²) in [6, 6.07) is 17.1. The van der Waals surface area contributed by atoms with Gasteiger partial charge in [0.05, 0.1) is 5.52 Å². The van der Waals surface area contributed by atoms with Crippen LogP contribution < -0.4 is 15.5 Å². The topological polar surface area (TPSA) is 40.2 Å². The van der Waals surface area contributed by atoms with Crippen LogP contribution in [-0.4, -0.2) is 23.2 Å². The van der Waals surface area contributed by atoms with Gasteiger partial charge in [0, 0.05) is 30.7 Å². The standard InChI is InChI=1S/C24H28N4S/c1-3-18-6-8-19(9-7-18)16-25-24(29)26-20-10-11-22-21(15-20)17(2)14-23(27-22)28-12-4-5-13-28/h6-11,14-15H,3-5,12-13,16H2,1-2H3,(H2,25,26,29). The molecule has 0 aliphatic carbocycles. The van der Waals surface area contributed by atoms with Crippen LogP contribution in [0.2, 0.25) is 0 Å². The molecule has 0 unspecified atom stereocenters. The van der Waals surface area contributed by atoms with E-state index in [1.165, 1.54) is 29.5 Å². The minimum atomic E-state index is 0.628. The lowest BCUT2D eigenvalue weighted by molar-refractivity contribution is 0.923. The second kappa shape index (κ2) is 8.78. The summed E-state index contributed by atoms with van der Waals surface area (Å²) in [5, 5.41) is 8.39. The molecular formula is C24H28N4S. The van der Waals surface area contributed by atoms with Crippen LogP contribution in [0.15, 0.2) is 48.5 Å². The van der Waals surface area contributed by atoms with Crippen molar-refractivity contribution >= 4 is 39.7 Å². The Morgan fingerprint density at radius 3 is 2.48 bits per heavy atom. The highest BCUT2D eigenvalue weighted by Crippen LogP contribution is 2.27. The molecular weight excluding hydrogens is 376 g/mol. The molecule has 150 valence electrons. The molecule has 1 aliphatic heterocycles. The van der Waals surface area contributed by atoms with Gasteiger partial charge in [0.2, 0.25) is 0 Å². The van der Waals surface area contributed by atoms with Crippen LogP contribution in [0.5, 0.6) is 0 Å². The number of aryl methyl sites for hydroxylation is 2. The number of pyridine rings is 1. The number of fused-ring (bicyclic) bond motifs is 1. The van der Waals surface area contributed by atoms with E-state index in [-0.39, 0.29) is 0 Å². The lowest BCUT2D eigenvalue weighted by atomic mass is 10.1. The maximum atomic E-state index is 5.49. The summed E-state index contributed by atoms with van der Waals surface area (Å²) < 4.78 is 0. The SMILES string of the molecule is CCc1ccc(CNC(=S)Nc2ccc3nc(N4CCCC4)cc(C)c3c2)cc1. The average Bonchev–Trinajstić information content (AvgIpc) is 3.28. The van der Waals surface area contributed by atoms with Crippen molar-refractivity contribution in [1.29, 1.82) is 0 Å². The second-order valence-electron chi connectivity index (χ2n) is 7.70. The van der Waals surface area contributed by atoms with Gasteiger partial charge in [0.1, 0.15) is 5.82 Å². The maximum absolute atomic E-state index is 5.49. The van der Waals surface area contributed by atoms with Gasteiger partial charge in [-0.3, -0.25) is 0 Å². The molecule has 1 aromatic heterocycles. The number of benzene rings is 2. The van der Waals surface area contributed by atoms with E-state index in [0.29, 0.717) is 11.7 Å². The van der Waals surface area contributed by atoms with Crippen LogP contribution in [0.3, 0.4) is 0 Å². The summed E-state index contributed by atoms with van der Waals surface area (Å²) in [5.41, 5.74) is 5.83. The smallest absolute Gasteiger partial charge is 0.171 e. The number of aromatic nitrogens is 1. The normalized spacial score (nSPS) is 13.7. The first kappa shape index (κ1) is 19.6. The predicted molar refractivity (Wildman–Crippen MR) is 127 cm³/mol. The predicted octanol–water partition coefficient (Wildman–Crippen LogP) is 5.19. The van der Waals surface area contributed by atoms with Gasteiger partial charge in [0.15, 0.2) is 5.11 Å². The van der Waals surface area contributed by atoms with Crippen molar-refractivity contribution in [2.45, 2.75) is 39.7 Å². The minimum absolute atomic E-state index is 0.628. The Morgan fingerprint density at radius 1 is 1.03 bits per heavy atom. The van der Waals surface area contributed by atoms with E-state index in [1.807, 2.05) is 6.07 Å². The van der Waals surface area contributed by atoms with E-state index < -0.39 is 0 Å². The molecule has 0 amide bonds. The van der Waals surface area contributed by atoms with Gasteiger partial charge in [-0.05, 0) is 79.4 Å². The number of rotatable bonds is 5. The molecule has 0 saturated carbocycles. The lowest BCUT2D eigenvalue weighted by Crippen LogP contribution is -2.27. The Balaban J connectivity index is 1.42. The molecule has 1 aliphatic rings. The van der Waals surface area contributed by atoms with Crippen LogP contribution in [0.25, 0.3) is 10.9 Å². The zero-order valence-electron chi connectivity index (χ0n) is 17.2. The Labute approximate surface area is 178 Å². The molecule has 4 rings (SSSR count). The maximum Gasteiger partial charge on any atom is 0.171 e. The quantitative estimate of drug-likeness (QED) is 0.573. The third kappa shape index (κ3) is 4.67. The first-order chi connectivity index (χ1) is 14.1. The van der Waals surface area contributed by atoms with Crippen molar-refractivity contribution in [3.63, 3.8) is 0 Å². The Bertz CT molecular complexity index is 1010. The molecule has 0 bridgehead atoms. The summed E-state index contributed by atoms with van der Waals surface area (Å²) in [7, 11) is 0. The van der Waals surface area contributed by atoms with E-state index in [0.717, 1.165) is 41.9 Å². The molecule has 2 N–H and O–H groups in total. The number of anilines is 2. The molecule has 0 atom stereocenters. The molecule has 4 nitrogen and oxygen atoms in total. The molecule has 1 saturated heterocycles. The molecule has 0 spiro atoms.